The van der Waals surface area contributed by atoms with E-state index in [1.807, 2.05) is 22.1 Å². The number of rotatable bonds is 5. The van der Waals surface area contributed by atoms with Crippen LogP contribution in [0.5, 0.6) is 0 Å². The maximum Gasteiger partial charge on any atom is 0.121 e. The second kappa shape index (κ2) is 6.96. The minimum Gasteiger partial charge on any atom is -0.393 e. The summed E-state index contributed by atoms with van der Waals surface area (Å²) in [5.74, 6) is 0.800. The fourth-order valence-corrected chi connectivity index (χ4v) is 5.09. The van der Waals surface area contributed by atoms with Gasteiger partial charge < -0.3 is 10.2 Å². The first-order valence-corrected chi connectivity index (χ1v) is 9.71. The van der Waals surface area contributed by atoms with Crippen LogP contribution in [-0.4, -0.2) is 38.0 Å². The molecule has 2 aliphatic rings. The van der Waals surface area contributed by atoms with Crippen molar-refractivity contribution in [2.45, 2.75) is 57.3 Å². The number of aliphatic hydroxyl groups is 2. The van der Waals surface area contributed by atoms with Crippen molar-refractivity contribution in [3.05, 3.63) is 39.3 Å². The normalized spacial score (nSPS) is 20.4. The summed E-state index contributed by atoms with van der Waals surface area (Å²) in [4.78, 5) is 5.45. The summed E-state index contributed by atoms with van der Waals surface area (Å²) >= 11 is 1.98. The summed E-state index contributed by atoms with van der Waals surface area (Å²) in [6.45, 7) is 3.37. The van der Waals surface area contributed by atoms with Gasteiger partial charge in [0.15, 0.2) is 0 Å². The number of aliphatic hydroxyl groups excluding tert-OH is 2. The molecule has 5 nitrogen and oxygen atoms in total. The van der Waals surface area contributed by atoms with E-state index < -0.39 is 6.10 Å². The molecule has 0 unspecified atom stereocenters. The van der Waals surface area contributed by atoms with E-state index in [1.54, 1.807) is 4.88 Å². The van der Waals surface area contributed by atoms with Gasteiger partial charge in [0.2, 0.25) is 0 Å². The van der Waals surface area contributed by atoms with E-state index in [4.69, 9.17) is 5.11 Å². The number of hydrogen-bond donors (Lipinski definition) is 2. The highest BCUT2D eigenvalue weighted by Gasteiger charge is 2.22. The first kappa shape index (κ1) is 16.3. The van der Waals surface area contributed by atoms with Gasteiger partial charge in [-0.3, -0.25) is 9.58 Å². The Kier molecular flexibility index (Phi) is 4.72. The smallest absolute Gasteiger partial charge is 0.121 e. The van der Waals surface area contributed by atoms with Crippen molar-refractivity contribution in [1.29, 1.82) is 0 Å². The molecule has 1 atom stereocenters. The zero-order valence-corrected chi connectivity index (χ0v) is 14.7. The van der Waals surface area contributed by atoms with Gasteiger partial charge in [0, 0.05) is 29.4 Å². The average Bonchev–Trinajstić information content (AvgIpc) is 3.33. The van der Waals surface area contributed by atoms with Crippen molar-refractivity contribution < 1.29 is 10.2 Å². The standard InChI is InChI=1S/C18H25N3O2S/c22-12-17(23)16-9-14-10-20(7-8-21(14)19-16)11-15-5-6-18(24-15)13-3-1-2-4-13/h5-6,9,13,17,22-23H,1-4,7-8,10-12H2/t17-/m0/s1. The molecule has 130 valence electrons. The van der Waals surface area contributed by atoms with Gasteiger partial charge in [0.25, 0.3) is 0 Å². The van der Waals surface area contributed by atoms with Crippen molar-refractivity contribution in [2.75, 3.05) is 13.2 Å². The summed E-state index contributed by atoms with van der Waals surface area (Å²) in [5, 5.41) is 23.2. The van der Waals surface area contributed by atoms with Gasteiger partial charge >= 0.3 is 0 Å². The predicted molar refractivity (Wildman–Crippen MR) is 93.9 cm³/mol. The maximum atomic E-state index is 9.75. The lowest BCUT2D eigenvalue weighted by atomic mass is 10.1. The number of aromatic nitrogens is 2. The molecular weight excluding hydrogens is 322 g/mol. The monoisotopic (exact) mass is 347 g/mol. The Morgan fingerprint density at radius 1 is 1.25 bits per heavy atom. The maximum absolute atomic E-state index is 9.75. The van der Waals surface area contributed by atoms with E-state index >= 15 is 0 Å². The quantitative estimate of drug-likeness (QED) is 0.873. The number of nitrogens with zero attached hydrogens (tertiary/aromatic N) is 3. The van der Waals surface area contributed by atoms with Crippen LogP contribution in [0.25, 0.3) is 0 Å². The van der Waals surface area contributed by atoms with Crippen molar-refractivity contribution in [3.8, 4) is 0 Å². The first-order chi connectivity index (χ1) is 11.7. The molecule has 4 rings (SSSR count). The molecule has 2 aromatic heterocycles. The van der Waals surface area contributed by atoms with Gasteiger partial charge in [-0.15, -0.1) is 11.3 Å². The Hall–Kier alpha value is -1.21. The van der Waals surface area contributed by atoms with Gasteiger partial charge in [-0.2, -0.15) is 5.10 Å². The third kappa shape index (κ3) is 3.28. The molecule has 24 heavy (non-hydrogen) atoms. The highest BCUT2D eigenvalue weighted by Crippen LogP contribution is 2.38. The third-order valence-electron chi connectivity index (χ3n) is 5.23. The molecule has 0 radical (unpaired) electrons. The van der Waals surface area contributed by atoms with E-state index in [0.29, 0.717) is 5.69 Å². The number of hydrogen-bond acceptors (Lipinski definition) is 5. The molecule has 1 fully saturated rings. The van der Waals surface area contributed by atoms with E-state index in [0.717, 1.165) is 37.8 Å². The van der Waals surface area contributed by atoms with Gasteiger partial charge in [-0.25, -0.2) is 0 Å². The zero-order chi connectivity index (χ0) is 16.5. The van der Waals surface area contributed by atoms with E-state index in [9.17, 15) is 5.11 Å². The molecule has 0 amide bonds. The molecule has 1 aliphatic heterocycles. The van der Waals surface area contributed by atoms with Crippen LogP contribution in [0.3, 0.4) is 0 Å². The molecule has 0 aromatic carbocycles. The largest absolute Gasteiger partial charge is 0.393 e. The average molecular weight is 347 g/mol. The predicted octanol–water partition coefficient (Wildman–Crippen LogP) is 2.64. The summed E-state index contributed by atoms with van der Waals surface area (Å²) in [5.41, 5.74) is 1.70. The van der Waals surface area contributed by atoms with Crippen LogP contribution in [0.15, 0.2) is 18.2 Å². The molecular formula is C18H25N3O2S. The molecule has 0 bridgehead atoms. The highest BCUT2D eigenvalue weighted by molar-refractivity contribution is 7.12. The molecule has 6 heteroatoms. The molecule has 3 heterocycles. The van der Waals surface area contributed by atoms with E-state index in [2.05, 4.69) is 22.1 Å². The fraction of sp³-hybridized carbons (Fsp3) is 0.611. The Balaban J connectivity index is 1.40. The number of thiophene rings is 1. The molecule has 2 aromatic rings. The Morgan fingerprint density at radius 2 is 2.08 bits per heavy atom. The first-order valence-electron chi connectivity index (χ1n) is 8.89. The van der Waals surface area contributed by atoms with Gasteiger partial charge in [-0.1, -0.05) is 12.8 Å². The summed E-state index contributed by atoms with van der Waals surface area (Å²) in [6.07, 6.45) is 4.62. The Labute approximate surface area is 146 Å². The Bertz CT molecular complexity index is 690. The fourth-order valence-electron chi connectivity index (χ4n) is 3.86. The lowest BCUT2D eigenvalue weighted by molar-refractivity contribution is 0.0915. The summed E-state index contributed by atoms with van der Waals surface area (Å²) < 4.78 is 1.96. The lowest BCUT2D eigenvalue weighted by Crippen LogP contribution is -2.33. The molecule has 1 aliphatic carbocycles. The van der Waals surface area contributed by atoms with Crippen LogP contribution < -0.4 is 0 Å². The van der Waals surface area contributed by atoms with Crippen molar-refractivity contribution in [3.63, 3.8) is 0 Å². The van der Waals surface area contributed by atoms with E-state index in [1.165, 1.54) is 30.6 Å². The second-order valence-electron chi connectivity index (χ2n) is 6.98. The molecule has 0 saturated heterocycles. The highest BCUT2D eigenvalue weighted by atomic mass is 32.1. The van der Waals surface area contributed by atoms with Crippen LogP contribution in [0, 0.1) is 0 Å². The summed E-state index contributed by atoms with van der Waals surface area (Å²) in [6, 6.07) is 6.55. The zero-order valence-electron chi connectivity index (χ0n) is 13.9. The van der Waals surface area contributed by atoms with Gasteiger partial charge in [-0.05, 0) is 37.0 Å². The topological polar surface area (TPSA) is 61.5 Å². The lowest BCUT2D eigenvalue weighted by Gasteiger charge is -2.26. The van der Waals surface area contributed by atoms with Crippen molar-refractivity contribution in [1.82, 2.24) is 14.7 Å². The minimum atomic E-state index is -0.872. The van der Waals surface area contributed by atoms with Crippen LogP contribution in [0.1, 0.15) is 58.8 Å². The minimum absolute atomic E-state index is 0.278. The van der Waals surface area contributed by atoms with E-state index in [-0.39, 0.29) is 6.61 Å². The molecule has 2 N–H and O–H groups in total. The van der Waals surface area contributed by atoms with Crippen LogP contribution in [0.2, 0.25) is 0 Å². The number of fused-ring (bicyclic) bond motifs is 1. The third-order valence-corrected chi connectivity index (χ3v) is 6.46. The van der Waals surface area contributed by atoms with Gasteiger partial charge in [0.1, 0.15) is 6.10 Å². The second-order valence-corrected chi connectivity index (χ2v) is 8.18. The van der Waals surface area contributed by atoms with Crippen molar-refractivity contribution in [2.24, 2.45) is 0 Å². The van der Waals surface area contributed by atoms with Crippen molar-refractivity contribution >= 4 is 11.3 Å². The van der Waals surface area contributed by atoms with Crippen LogP contribution >= 0.6 is 11.3 Å². The molecule has 1 saturated carbocycles. The molecule has 0 spiro atoms. The van der Waals surface area contributed by atoms with Gasteiger partial charge in [0.05, 0.1) is 24.5 Å². The summed E-state index contributed by atoms with van der Waals surface area (Å²) in [7, 11) is 0. The van der Waals surface area contributed by atoms with Crippen LogP contribution in [0.4, 0.5) is 0 Å². The Morgan fingerprint density at radius 3 is 2.88 bits per heavy atom. The SMILES string of the molecule is OC[C@H](O)c1cc2n(n1)CCN(Cc1ccc(C3CCCC3)s1)C2. The van der Waals surface area contributed by atoms with Crippen LogP contribution in [-0.2, 0) is 19.6 Å².